The Morgan fingerprint density at radius 1 is 1.12 bits per heavy atom. The molecule has 1 N–H and O–H groups in total. The van der Waals surface area contributed by atoms with Crippen molar-refractivity contribution in [2.24, 2.45) is 0 Å². The predicted molar refractivity (Wildman–Crippen MR) is 95.9 cm³/mol. The molecule has 0 saturated carbocycles. The molecule has 8 nitrogen and oxygen atoms in total. The molecule has 1 aliphatic heterocycles. The molecule has 3 rings (SSSR count). The predicted octanol–water partition coefficient (Wildman–Crippen LogP) is 1.13. The second-order valence-corrected chi connectivity index (χ2v) is 5.66. The average molecular weight is 358 g/mol. The van der Waals surface area contributed by atoms with Crippen molar-refractivity contribution in [2.75, 3.05) is 51.5 Å². The summed E-state index contributed by atoms with van der Waals surface area (Å²) in [6.07, 6.45) is 0. The summed E-state index contributed by atoms with van der Waals surface area (Å²) >= 11 is 0. The molecule has 0 atom stereocenters. The number of ether oxygens (including phenoxy) is 3. The number of aromatic nitrogens is 2. The van der Waals surface area contributed by atoms with Crippen LogP contribution in [0.2, 0.25) is 0 Å². The lowest BCUT2D eigenvalue weighted by molar-refractivity contribution is 0.0940. The molecule has 26 heavy (non-hydrogen) atoms. The molecule has 2 aromatic rings. The maximum Gasteiger partial charge on any atom is 0.271 e. The molecule has 138 valence electrons. The number of anilines is 1. The molecule has 8 heteroatoms. The van der Waals surface area contributed by atoms with Crippen LogP contribution in [0, 0.1) is 0 Å². The number of hydrogen-bond acceptors (Lipinski definition) is 7. The van der Waals surface area contributed by atoms with E-state index in [0.29, 0.717) is 26.4 Å². The van der Waals surface area contributed by atoms with Gasteiger partial charge in [-0.2, -0.15) is 0 Å². The molecule has 1 aliphatic rings. The molecular weight excluding hydrogens is 336 g/mol. The van der Waals surface area contributed by atoms with Crippen molar-refractivity contribution >= 4 is 11.7 Å². The van der Waals surface area contributed by atoms with Gasteiger partial charge in [-0.15, -0.1) is 10.2 Å². The van der Waals surface area contributed by atoms with Gasteiger partial charge in [0, 0.05) is 13.1 Å². The third-order valence-corrected chi connectivity index (χ3v) is 3.93. The van der Waals surface area contributed by atoms with E-state index in [0.717, 1.165) is 30.4 Å². The van der Waals surface area contributed by atoms with E-state index in [4.69, 9.17) is 14.2 Å². The molecule has 0 unspecified atom stereocenters. The van der Waals surface area contributed by atoms with E-state index >= 15 is 0 Å². The Kier molecular flexibility index (Phi) is 6.21. The van der Waals surface area contributed by atoms with Crippen LogP contribution in [0.5, 0.6) is 11.5 Å². The number of rotatable bonds is 7. The van der Waals surface area contributed by atoms with Crippen LogP contribution in [0.4, 0.5) is 5.82 Å². The van der Waals surface area contributed by atoms with Gasteiger partial charge in [-0.3, -0.25) is 4.79 Å². The fourth-order valence-electron chi connectivity index (χ4n) is 2.50. The van der Waals surface area contributed by atoms with Gasteiger partial charge in [-0.1, -0.05) is 0 Å². The molecule has 0 radical (unpaired) electrons. The second-order valence-electron chi connectivity index (χ2n) is 5.66. The molecule has 2 heterocycles. The summed E-state index contributed by atoms with van der Waals surface area (Å²) in [6.45, 7) is 3.65. The van der Waals surface area contributed by atoms with Crippen molar-refractivity contribution in [3.05, 3.63) is 42.1 Å². The fraction of sp³-hybridized carbons (Fsp3) is 0.389. The summed E-state index contributed by atoms with van der Waals surface area (Å²) in [5, 5.41) is 10.9. The van der Waals surface area contributed by atoms with E-state index in [1.54, 1.807) is 19.2 Å². The number of amides is 1. The minimum absolute atomic E-state index is 0.274. The van der Waals surface area contributed by atoms with Gasteiger partial charge in [0.2, 0.25) is 0 Å². The second kappa shape index (κ2) is 9.00. The largest absolute Gasteiger partial charge is 0.497 e. The zero-order valence-electron chi connectivity index (χ0n) is 14.7. The number of carbonyl (C=O) groups is 1. The summed E-state index contributed by atoms with van der Waals surface area (Å²) in [5.41, 5.74) is 0.284. The van der Waals surface area contributed by atoms with Crippen molar-refractivity contribution in [3.63, 3.8) is 0 Å². The minimum Gasteiger partial charge on any atom is -0.497 e. The lowest BCUT2D eigenvalue weighted by atomic mass is 10.3. The molecular formula is C18H22N4O4. The van der Waals surface area contributed by atoms with Crippen molar-refractivity contribution in [1.82, 2.24) is 15.5 Å². The van der Waals surface area contributed by atoms with E-state index < -0.39 is 0 Å². The quantitative estimate of drug-likeness (QED) is 0.743. The highest BCUT2D eigenvalue weighted by Gasteiger charge is 2.14. The first kappa shape index (κ1) is 17.9. The molecule has 1 saturated heterocycles. The van der Waals surface area contributed by atoms with Crippen LogP contribution in [-0.2, 0) is 4.74 Å². The molecule has 0 aliphatic carbocycles. The van der Waals surface area contributed by atoms with E-state index in [-0.39, 0.29) is 11.6 Å². The summed E-state index contributed by atoms with van der Waals surface area (Å²) in [7, 11) is 1.61. The third-order valence-electron chi connectivity index (χ3n) is 3.93. The first-order valence-corrected chi connectivity index (χ1v) is 8.48. The van der Waals surface area contributed by atoms with Gasteiger partial charge >= 0.3 is 0 Å². The van der Waals surface area contributed by atoms with Crippen LogP contribution in [0.1, 0.15) is 10.5 Å². The third kappa shape index (κ3) is 4.82. The highest BCUT2D eigenvalue weighted by Crippen LogP contribution is 2.16. The topological polar surface area (TPSA) is 85.8 Å². The Hall–Kier alpha value is -2.87. The number of nitrogens with zero attached hydrogens (tertiary/aromatic N) is 3. The Bertz CT molecular complexity index is 700. The number of carbonyl (C=O) groups excluding carboxylic acids is 1. The van der Waals surface area contributed by atoms with E-state index in [2.05, 4.69) is 20.4 Å². The molecule has 1 aromatic carbocycles. The Morgan fingerprint density at radius 2 is 1.85 bits per heavy atom. The lowest BCUT2D eigenvalue weighted by Crippen LogP contribution is -2.37. The number of benzene rings is 1. The van der Waals surface area contributed by atoms with Crippen molar-refractivity contribution in [2.45, 2.75) is 0 Å². The highest BCUT2D eigenvalue weighted by molar-refractivity contribution is 5.92. The molecule has 1 fully saturated rings. The van der Waals surface area contributed by atoms with Gasteiger partial charge in [-0.25, -0.2) is 0 Å². The summed E-state index contributed by atoms with van der Waals surface area (Å²) in [5.74, 6) is 1.97. The number of methoxy groups -OCH3 is 1. The minimum atomic E-state index is -0.274. The molecule has 0 bridgehead atoms. The molecule has 0 spiro atoms. The van der Waals surface area contributed by atoms with Crippen molar-refractivity contribution < 1.29 is 19.0 Å². The van der Waals surface area contributed by atoms with Gasteiger partial charge in [0.1, 0.15) is 18.1 Å². The van der Waals surface area contributed by atoms with E-state index in [1.807, 2.05) is 24.3 Å². The van der Waals surface area contributed by atoms with Gasteiger partial charge in [-0.05, 0) is 36.4 Å². The fourth-order valence-corrected chi connectivity index (χ4v) is 2.50. The first-order valence-electron chi connectivity index (χ1n) is 8.48. The maximum atomic E-state index is 12.1. The zero-order chi connectivity index (χ0) is 18.2. The number of hydrogen-bond donors (Lipinski definition) is 1. The summed E-state index contributed by atoms with van der Waals surface area (Å²) in [4.78, 5) is 14.2. The Balaban J connectivity index is 1.42. The monoisotopic (exact) mass is 358 g/mol. The summed E-state index contributed by atoms with van der Waals surface area (Å²) < 4.78 is 16.0. The Morgan fingerprint density at radius 3 is 2.50 bits per heavy atom. The highest BCUT2D eigenvalue weighted by atomic mass is 16.5. The Labute approximate surface area is 152 Å². The van der Waals surface area contributed by atoms with Crippen LogP contribution in [0.15, 0.2) is 36.4 Å². The van der Waals surface area contributed by atoms with Crippen LogP contribution >= 0.6 is 0 Å². The number of nitrogens with one attached hydrogen (secondary N) is 1. The van der Waals surface area contributed by atoms with Gasteiger partial charge in [0.25, 0.3) is 5.91 Å². The lowest BCUT2D eigenvalue weighted by Gasteiger charge is -2.27. The average Bonchev–Trinajstić information content (AvgIpc) is 2.72. The molecule has 1 aromatic heterocycles. The smallest absolute Gasteiger partial charge is 0.271 e. The number of morpholine rings is 1. The molecule has 1 amide bonds. The van der Waals surface area contributed by atoms with Gasteiger partial charge < -0.3 is 24.4 Å². The van der Waals surface area contributed by atoms with E-state index in [9.17, 15) is 4.79 Å². The van der Waals surface area contributed by atoms with Crippen molar-refractivity contribution in [3.8, 4) is 11.5 Å². The van der Waals surface area contributed by atoms with Crippen LogP contribution in [0.25, 0.3) is 0 Å². The van der Waals surface area contributed by atoms with E-state index in [1.165, 1.54) is 0 Å². The van der Waals surface area contributed by atoms with Crippen LogP contribution in [0.3, 0.4) is 0 Å². The van der Waals surface area contributed by atoms with Gasteiger partial charge in [0.15, 0.2) is 11.5 Å². The SMILES string of the molecule is COc1ccc(OCCNC(=O)c2ccc(N3CCOCC3)nn2)cc1. The maximum absolute atomic E-state index is 12.1. The first-order chi connectivity index (χ1) is 12.8. The van der Waals surface area contributed by atoms with Gasteiger partial charge in [0.05, 0.1) is 26.9 Å². The summed E-state index contributed by atoms with van der Waals surface area (Å²) in [6, 6.07) is 10.8. The van der Waals surface area contributed by atoms with Crippen LogP contribution < -0.4 is 19.7 Å². The van der Waals surface area contributed by atoms with Crippen molar-refractivity contribution in [1.29, 1.82) is 0 Å². The standard InChI is InChI=1S/C18H22N4O4/c1-24-14-2-4-15(5-3-14)26-11-8-19-18(23)16-6-7-17(21-20-16)22-9-12-25-13-10-22/h2-7H,8-13H2,1H3,(H,19,23). The zero-order valence-corrected chi connectivity index (χ0v) is 14.7. The van der Waals surface area contributed by atoms with Crippen LogP contribution in [-0.4, -0.2) is 62.7 Å². The normalized spacial score (nSPS) is 14.0.